The Morgan fingerprint density at radius 1 is 0.857 bits per heavy atom. The van der Waals surface area contributed by atoms with Gasteiger partial charge in [-0.05, 0) is 56.2 Å². The van der Waals surface area contributed by atoms with E-state index in [1.807, 2.05) is 0 Å². The average Bonchev–Trinajstić information content (AvgIpc) is 2.43. The van der Waals surface area contributed by atoms with E-state index >= 15 is 0 Å². The van der Waals surface area contributed by atoms with Crippen LogP contribution in [0.25, 0.3) is 0 Å². The van der Waals surface area contributed by atoms with Crippen molar-refractivity contribution in [2.24, 2.45) is 11.8 Å². The number of nitrogens with one attached hydrogen (secondary N) is 1. The minimum absolute atomic E-state index is 0.381. The van der Waals surface area contributed by atoms with Gasteiger partial charge in [-0.3, -0.25) is 0 Å². The predicted octanol–water partition coefficient (Wildman–Crippen LogP) is 5.20. The number of ether oxygens (including phenoxy) is 1. The molecular formula is C19H33NO. The summed E-state index contributed by atoms with van der Waals surface area (Å²) in [4.78, 5) is 0. The van der Waals surface area contributed by atoms with E-state index < -0.39 is 0 Å². The van der Waals surface area contributed by atoms with Crippen LogP contribution < -0.4 is 10.1 Å². The van der Waals surface area contributed by atoms with Crippen molar-refractivity contribution in [3.8, 4) is 5.75 Å². The zero-order valence-corrected chi connectivity index (χ0v) is 14.6. The van der Waals surface area contributed by atoms with E-state index in [-0.39, 0.29) is 0 Å². The minimum atomic E-state index is 0.381. The third-order valence-corrected chi connectivity index (χ3v) is 3.67. The average molecular weight is 291 g/mol. The van der Waals surface area contributed by atoms with Gasteiger partial charge in [0.2, 0.25) is 0 Å². The van der Waals surface area contributed by atoms with Crippen molar-refractivity contribution in [2.45, 2.75) is 66.5 Å². The summed E-state index contributed by atoms with van der Waals surface area (Å²) in [6, 6.07) is 9.43. The second-order valence-electron chi connectivity index (χ2n) is 7.03. The monoisotopic (exact) mass is 291 g/mol. The van der Waals surface area contributed by atoms with Gasteiger partial charge in [0.05, 0.1) is 6.61 Å². The molecule has 1 aromatic carbocycles. The van der Waals surface area contributed by atoms with E-state index in [0.717, 1.165) is 18.3 Å². The molecule has 0 saturated heterocycles. The van der Waals surface area contributed by atoms with E-state index in [1.54, 1.807) is 0 Å². The van der Waals surface area contributed by atoms with Crippen molar-refractivity contribution in [3.63, 3.8) is 0 Å². The highest BCUT2D eigenvalue weighted by Gasteiger charge is 2.10. The fourth-order valence-electron chi connectivity index (χ4n) is 2.31. The number of rotatable bonds is 9. The molecule has 0 saturated carbocycles. The predicted molar refractivity (Wildman–Crippen MR) is 91.9 cm³/mol. The summed E-state index contributed by atoms with van der Waals surface area (Å²) in [6.07, 6.45) is 2.51. The van der Waals surface area contributed by atoms with Crippen LogP contribution in [0.5, 0.6) is 5.75 Å². The molecule has 0 aliphatic rings. The van der Waals surface area contributed by atoms with Crippen molar-refractivity contribution < 1.29 is 4.74 Å². The van der Waals surface area contributed by atoms with E-state index in [0.29, 0.717) is 18.0 Å². The van der Waals surface area contributed by atoms with Gasteiger partial charge in [0.15, 0.2) is 0 Å². The van der Waals surface area contributed by atoms with Gasteiger partial charge < -0.3 is 10.1 Å². The van der Waals surface area contributed by atoms with Crippen LogP contribution >= 0.6 is 0 Å². The second-order valence-corrected chi connectivity index (χ2v) is 7.03. The number of hydrogen-bond acceptors (Lipinski definition) is 2. The van der Waals surface area contributed by atoms with Crippen molar-refractivity contribution in [1.82, 2.24) is 5.32 Å². The Bertz CT molecular complexity index is 383. The summed E-state index contributed by atoms with van der Waals surface area (Å²) in [5, 5.41) is 3.68. The van der Waals surface area contributed by atoms with Crippen LogP contribution in [0.15, 0.2) is 24.3 Å². The first-order valence-corrected chi connectivity index (χ1v) is 8.37. The Kier molecular flexibility index (Phi) is 7.81. The lowest BCUT2D eigenvalue weighted by Crippen LogP contribution is -2.29. The SMILES string of the molecule is CC(C)CCC(C)NC(C)c1ccc(OCC(C)C)cc1. The van der Waals surface area contributed by atoms with Crippen LogP contribution in [-0.4, -0.2) is 12.6 Å². The molecule has 0 bridgehead atoms. The fraction of sp³-hybridized carbons (Fsp3) is 0.684. The van der Waals surface area contributed by atoms with Gasteiger partial charge in [0.25, 0.3) is 0 Å². The second kappa shape index (κ2) is 9.09. The lowest BCUT2D eigenvalue weighted by molar-refractivity contribution is 0.271. The molecule has 120 valence electrons. The first kappa shape index (κ1) is 18.0. The van der Waals surface area contributed by atoms with Crippen molar-refractivity contribution in [1.29, 1.82) is 0 Å². The summed E-state index contributed by atoms with van der Waals surface area (Å²) < 4.78 is 5.73. The maximum Gasteiger partial charge on any atom is 0.119 e. The number of hydrogen-bond donors (Lipinski definition) is 1. The normalized spacial score (nSPS) is 14.5. The largest absolute Gasteiger partial charge is 0.493 e. The molecule has 2 heteroatoms. The molecule has 2 nitrogen and oxygen atoms in total. The first-order valence-electron chi connectivity index (χ1n) is 8.37. The topological polar surface area (TPSA) is 21.3 Å². The Labute approximate surface area is 131 Å². The maximum atomic E-state index is 5.73. The van der Waals surface area contributed by atoms with Crippen LogP contribution in [0.3, 0.4) is 0 Å². The summed E-state index contributed by atoms with van der Waals surface area (Å²) in [6.45, 7) is 14.2. The highest BCUT2D eigenvalue weighted by atomic mass is 16.5. The molecule has 0 aliphatic heterocycles. The molecule has 0 radical (unpaired) electrons. The van der Waals surface area contributed by atoms with E-state index in [1.165, 1.54) is 18.4 Å². The van der Waals surface area contributed by atoms with Crippen molar-refractivity contribution >= 4 is 0 Å². The highest BCUT2D eigenvalue weighted by molar-refractivity contribution is 5.29. The Balaban J connectivity index is 2.45. The Morgan fingerprint density at radius 2 is 1.48 bits per heavy atom. The highest BCUT2D eigenvalue weighted by Crippen LogP contribution is 2.19. The standard InChI is InChI=1S/C19H33NO/c1-14(2)7-8-16(5)20-17(6)18-9-11-19(12-10-18)21-13-15(3)4/h9-12,14-17,20H,7-8,13H2,1-6H3. The molecule has 0 amide bonds. The third-order valence-electron chi connectivity index (χ3n) is 3.67. The quantitative estimate of drug-likeness (QED) is 0.675. The van der Waals surface area contributed by atoms with E-state index in [4.69, 9.17) is 4.74 Å². The molecule has 2 atom stereocenters. The molecule has 21 heavy (non-hydrogen) atoms. The molecule has 1 N–H and O–H groups in total. The molecule has 1 rings (SSSR count). The smallest absolute Gasteiger partial charge is 0.119 e. The summed E-state index contributed by atoms with van der Waals surface area (Å²) in [5.41, 5.74) is 1.32. The van der Waals surface area contributed by atoms with Gasteiger partial charge in [-0.25, -0.2) is 0 Å². The van der Waals surface area contributed by atoms with Crippen LogP contribution in [0.4, 0.5) is 0 Å². The zero-order chi connectivity index (χ0) is 15.8. The molecule has 2 unspecified atom stereocenters. The molecule has 0 aromatic heterocycles. The van der Waals surface area contributed by atoms with Gasteiger partial charge in [-0.1, -0.05) is 39.8 Å². The molecule has 0 heterocycles. The van der Waals surface area contributed by atoms with Gasteiger partial charge in [0.1, 0.15) is 5.75 Å². The minimum Gasteiger partial charge on any atom is -0.493 e. The fourth-order valence-corrected chi connectivity index (χ4v) is 2.31. The van der Waals surface area contributed by atoms with Gasteiger partial charge in [-0.2, -0.15) is 0 Å². The zero-order valence-electron chi connectivity index (χ0n) is 14.6. The summed E-state index contributed by atoms with van der Waals surface area (Å²) in [5.74, 6) is 2.31. The molecule has 0 spiro atoms. The van der Waals surface area contributed by atoms with Crippen molar-refractivity contribution in [3.05, 3.63) is 29.8 Å². The summed E-state index contributed by atoms with van der Waals surface area (Å²) in [7, 11) is 0. The van der Waals surface area contributed by atoms with Crippen LogP contribution in [0.2, 0.25) is 0 Å². The van der Waals surface area contributed by atoms with E-state index in [9.17, 15) is 0 Å². The number of benzene rings is 1. The van der Waals surface area contributed by atoms with Crippen LogP contribution in [-0.2, 0) is 0 Å². The third kappa shape index (κ3) is 7.52. The molecule has 1 aromatic rings. The van der Waals surface area contributed by atoms with E-state index in [2.05, 4.69) is 71.1 Å². The Hall–Kier alpha value is -1.02. The van der Waals surface area contributed by atoms with Crippen LogP contribution in [0.1, 0.15) is 66.0 Å². The molecule has 0 aliphatic carbocycles. The molecule has 0 fully saturated rings. The van der Waals surface area contributed by atoms with Crippen molar-refractivity contribution in [2.75, 3.05) is 6.61 Å². The summed E-state index contributed by atoms with van der Waals surface area (Å²) >= 11 is 0. The molecular weight excluding hydrogens is 258 g/mol. The van der Waals surface area contributed by atoms with Gasteiger partial charge >= 0.3 is 0 Å². The lowest BCUT2D eigenvalue weighted by atomic mass is 10.0. The van der Waals surface area contributed by atoms with Crippen LogP contribution in [0, 0.1) is 11.8 Å². The lowest BCUT2D eigenvalue weighted by Gasteiger charge is -2.21. The maximum absolute atomic E-state index is 5.73. The van der Waals surface area contributed by atoms with Gasteiger partial charge in [0, 0.05) is 12.1 Å². The first-order chi connectivity index (χ1) is 9.88. The van der Waals surface area contributed by atoms with Gasteiger partial charge in [-0.15, -0.1) is 0 Å². The Morgan fingerprint density at radius 3 is 2.00 bits per heavy atom.